The van der Waals surface area contributed by atoms with Gasteiger partial charge in [-0.1, -0.05) is 12.1 Å². The molecule has 0 bridgehead atoms. The van der Waals surface area contributed by atoms with Gasteiger partial charge in [-0.15, -0.1) is 0 Å². The van der Waals surface area contributed by atoms with E-state index < -0.39 is 0 Å². The smallest absolute Gasteiger partial charge is 0.306 e. The van der Waals surface area contributed by atoms with Crippen molar-refractivity contribution >= 4 is 11.9 Å². The van der Waals surface area contributed by atoms with Crippen LogP contribution in [0.15, 0.2) is 24.3 Å². The van der Waals surface area contributed by atoms with Gasteiger partial charge in [-0.2, -0.15) is 0 Å². The second-order valence-electron chi connectivity index (χ2n) is 4.42. The molecule has 1 amide bonds. The third-order valence-corrected chi connectivity index (χ3v) is 2.36. The molecule has 1 aromatic carbocycles. The molecule has 1 aromatic rings. The third kappa shape index (κ3) is 5.42. The monoisotopic (exact) mass is 265 g/mol. The summed E-state index contributed by atoms with van der Waals surface area (Å²) in [4.78, 5) is 22.9. The Bertz CT molecular complexity index is 443. The lowest BCUT2D eigenvalue weighted by Gasteiger charge is -2.08. The Labute approximate surface area is 112 Å². The van der Waals surface area contributed by atoms with E-state index in [9.17, 15) is 14.7 Å². The van der Waals surface area contributed by atoms with E-state index in [2.05, 4.69) is 5.32 Å². The van der Waals surface area contributed by atoms with Crippen LogP contribution in [-0.2, 0) is 9.53 Å². The number of hydrogen-bond acceptors (Lipinski definition) is 4. The van der Waals surface area contributed by atoms with Crippen molar-refractivity contribution in [2.45, 2.75) is 32.8 Å². The first kappa shape index (κ1) is 15.0. The topological polar surface area (TPSA) is 75.6 Å². The van der Waals surface area contributed by atoms with Crippen LogP contribution in [0.2, 0.25) is 0 Å². The third-order valence-electron chi connectivity index (χ3n) is 2.36. The maximum absolute atomic E-state index is 11.7. The number of para-hydroxylation sites is 1. The van der Waals surface area contributed by atoms with E-state index in [1.807, 2.05) is 0 Å². The number of phenols is 1. The van der Waals surface area contributed by atoms with Crippen LogP contribution in [0, 0.1) is 0 Å². The zero-order valence-electron chi connectivity index (χ0n) is 11.2. The highest BCUT2D eigenvalue weighted by molar-refractivity contribution is 5.96. The summed E-state index contributed by atoms with van der Waals surface area (Å²) in [5, 5.41) is 12.1. The molecule has 0 aliphatic heterocycles. The van der Waals surface area contributed by atoms with Crippen LogP contribution in [0.25, 0.3) is 0 Å². The van der Waals surface area contributed by atoms with Crippen LogP contribution in [-0.4, -0.2) is 29.6 Å². The summed E-state index contributed by atoms with van der Waals surface area (Å²) >= 11 is 0. The van der Waals surface area contributed by atoms with Gasteiger partial charge in [0.25, 0.3) is 5.91 Å². The van der Waals surface area contributed by atoms with E-state index in [1.54, 1.807) is 26.0 Å². The molecule has 2 N–H and O–H groups in total. The molecule has 5 heteroatoms. The number of amides is 1. The molecule has 5 nitrogen and oxygen atoms in total. The van der Waals surface area contributed by atoms with E-state index in [1.165, 1.54) is 12.1 Å². The summed E-state index contributed by atoms with van der Waals surface area (Å²) in [5.74, 6) is -0.679. The zero-order valence-corrected chi connectivity index (χ0v) is 11.2. The number of ether oxygens (including phenoxy) is 1. The normalized spacial score (nSPS) is 10.3. The molecule has 0 aliphatic rings. The predicted octanol–water partition coefficient (Wildman–Crippen LogP) is 1.85. The van der Waals surface area contributed by atoms with Gasteiger partial charge < -0.3 is 15.2 Å². The minimum atomic E-state index is -0.352. The van der Waals surface area contributed by atoms with Crippen LogP contribution < -0.4 is 5.32 Å². The summed E-state index contributed by atoms with van der Waals surface area (Å²) in [6.07, 6.45) is 0.646. The van der Waals surface area contributed by atoms with E-state index in [0.29, 0.717) is 13.0 Å². The number of esters is 1. The number of carbonyl (C=O) groups is 2. The van der Waals surface area contributed by atoms with Crippen LogP contribution >= 0.6 is 0 Å². The highest BCUT2D eigenvalue weighted by atomic mass is 16.5. The minimum Gasteiger partial charge on any atom is -0.507 e. The highest BCUT2D eigenvalue weighted by Crippen LogP contribution is 2.14. The van der Waals surface area contributed by atoms with Gasteiger partial charge in [-0.25, -0.2) is 0 Å². The molecule has 0 unspecified atom stereocenters. The Kier molecular flexibility index (Phi) is 5.85. The van der Waals surface area contributed by atoms with Gasteiger partial charge in [0.15, 0.2) is 0 Å². The summed E-state index contributed by atoms with van der Waals surface area (Å²) in [6, 6.07) is 6.31. The average Bonchev–Trinajstić information content (AvgIpc) is 2.34. The Hall–Kier alpha value is -2.04. The molecule has 0 saturated carbocycles. The molecule has 1 rings (SSSR count). The first-order chi connectivity index (χ1) is 9.00. The lowest BCUT2D eigenvalue weighted by molar-refractivity contribution is -0.147. The Morgan fingerprint density at radius 1 is 1.32 bits per heavy atom. The first-order valence-electron chi connectivity index (χ1n) is 6.26. The minimum absolute atomic E-state index is 0.0563. The van der Waals surface area contributed by atoms with Gasteiger partial charge in [-0.3, -0.25) is 9.59 Å². The van der Waals surface area contributed by atoms with E-state index in [-0.39, 0.29) is 35.7 Å². The molecule has 0 spiro atoms. The fourth-order valence-corrected chi connectivity index (χ4v) is 1.52. The molecule has 0 radical (unpaired) electrons. The SMILES string of the molecule is CC(C)OC(=O)CCCNC(=O)c1ccccc1O. The van der Waals surface area contributed by atoms with Crippen LogP contribution in [0.4, 0.5) is 0 Å². The van der Waals surface area contributed by atoms with Crippen molar-refractivity contribution in [3.05, 3.63) is 29.8 Å². The molecule has 19 heavy (non-hydrogen) atoms. The van der Waals surface area contributed by atoms with Crippen LogP contribution in [0.5, 0.6) is 5.75 Å². The maximum atomic E-state index is 11.7. The Balaban J connectivity index is 2.29. The van der Waals surface area contributed by atoms with Gasteiger partial charge in [0.1, 0.15) is 5.75 Å². The van der Waals surface area contributed by atoms with E-state index in [0.717, 1.165) is 0 Å². The molecule has 0 fully saturated rings. The molecular formula is C14H19NO4. The number of hydrogen-bond donors (Lipinski definition) is 2. The summed E-state index contributed by atoms with van der Waals surface area (Å²) in [6.45, 7) is 3.94. The van der Waals surface area contributed by atoms with Crippen LogP contribution in [0.3, 0.4) is 0 Å². The Morgan fingerprint density at radius 2 is 2.00 bits per heavy atom. The maximum Gasteiger partial charge on any atom is 0.306 e. The van der Waals surface area contributed by atoms with Crippen LogP contribution in [0.1, 0.15) is 37.0 Å². The van der Waals surface area contributed by atoms with Crippen molar-refractivity contribution in [2.75, 3.05) is 6.54 Å². The number of nitrogens with one attached hydrogen (secondary N) is 1. The molecule has 104 valence electrons. The second-order valence-corrected chi connectivity index (χ2v) is 4.42. The van der Waals surface area contributed by atoms with Crippen molar-refractivity contribution in [3.8, 4) is 5.75 Å². The number of phenolic OH excluding ortho intramolecular Hbond substituents is 1. The summed E-state index contributed by atoms with van der Waals surface area (Å²) in [7, 11) is 0. The lowest BCUT2D eigenvalue weighted by Crippen LogP contribution is -2.25. The highest BCUT2D eigenvalue weighted by Gasteiger charge is 2.10. The zero-order chi connectivity index (χ0) is 14.3. The predicted molar refractivity (Wildman–Crippen MR) is 70.9 cm³/mol. The fraction of sp³-hybridized carbons (Fsp3) is 0.429. The average molecular weight is 265 g/mol. The van der Waals surface area contributed by atoms with E-state index >= 15 is 0 Å². The van der Waals surface area contributed by atoms with Crippen molar-refractivity contribution in [2.24, 2.45) is 0 Å². The Morgan fingerprint density at radius 3 is 2.63 bits per heavy atom. The van der Waals surface area contributed by atoms with Gasteiger partial charge in [0, 0.05) is 13.0 Å². The number of rotatable bonds is 6. The largest absolute Gasteiger partial charge is 0.507 e. The van der Waals surface area contributed by atoms with Gasteiger partial charge in [0.2, 0.25) is 0 Å². The quantitative estimate of drug-likeness (QED) is 0.608. The number of carbonyl (C=O) groups excluding carboxylic acids is 2. The van der Waals surface area contributed by atoms with Gasteiger partial charge in [0.05, 0.1) is 11.7 Å². The summed E-state index contributed by atoms with van der Waals surface area (Å²) < 4.78 is 4.97. The second kappa shape index (κ2) is 7.41. The molecule has 0 atom stereocenters. The van der Waals surface area contributed by atoms with Gasteiger partial charge >= 0.3 is 5.97 Å². The molecular weight excluding hydrogens is 246 g/mol. The number of benzene rings is 1. The molecule has 0 saturated heterocycles. The molecule has 0 heterocycles. The van der Waals surface area contributed by atoms with E-state index in [4.69, 9.17) is 4.74 Å². The van der Waals surface area contributed by atoms with Crippen molar-refractivity contribution < 1.29 is 19.4 Å². The molecule has 0 aromatic heterocycles. The fourth-order valence-electron chi connectivity index (χ4n) is 1.52. The van der Waals surface area contributed by atoms with Crippen molar-refractivity contribution in [3.63, 3.8) is 0 Å². The van der Waals surface area contributed by atoms with Crippen molar-refractivity contribution in [1.82, 2.24) is 5.32 Å². The first-order valence-corrected chi connectivity index (χ1v) is 6.26. The standard InChI is InChI=1S/C14H19NO4/c1-10(2)19-13(17)8-5-9-15-14(18)11-6-3-4-7-12(11)16/h3-4,6-7,10,16H,5,8-9H2,1-2H3,(H,15,18). The molecule has 0 aliphatic carbocycles. The number of aromatic hydroxyl groups is 1. The summed E-state index contributed by atoms with van der Waals surface area (Å²) in [5.41, 5.74) is 0.229. The van der Waals surface area contributed by atoms with Gasteiger partial charge in [-0.05, 0) is 32.4 Å². The lowest BCUT2D eigenvalue weighted by atomic mass is 10.2. The van der Waals surface area contributed by atoms with Crippen molar-refractivity contribution in [1.29, 1.82) is 0 Å².